The number of carboxylic acid groups (broad SMARTS) is 3. The number of rotatable bonds is 19. The molecule has 1 radical (unpaired) electrons. The van der Waals surface area contributed by atoms with Crippen molar-refractivity contribution in [1.29, 1.82) is 5.26 Å². The number of likely N-dealkylation sites (tertiary alicyclic amines) is 1. The molecule has 0 spiro atoms. The van der Waals surface area contributed by atoms with E-state index in [4.69, 9.17) is 5.26 Å². The average Bonchev–Trinajstić information content (AvgIpc) is 3.57. The van der Waals surface area contributed by atoms with Crippen LogP contribution in [0.1, 0.15) is 42.5 Å². The van der Waals surface area contributed by atoms with Gasteiger partial charge in [0.25, 0.3) is 11.8 Å². The van der Waals surface area contributed by atoms with Crippen molar-refractivity contribution in [3.63, 3.8) is 0 Å². The second-order valence-corrected chi connectivity index (χ2v) is 14.5. The van der Waals surface area contributed by atoms with Crippen LogP contribution in [0.15, 0.2) is 30.5 Å². The molecule has 2 aliphatic heterocycles. The van der Waals surface area contributed by atoms with Crippen LogP contribution < -0.4 is 21.3 Å². The molecule has 2 aromatic rings. The largest absolute Gasteiger partial charge is 0.480 e. The maximum atomic E-state index is 13.8. The van der Waals surface area contributed by atoms with Gasteiger partial charge in [-0.3, -0.25) is 58.0 Å². The Balaban J connectivity index is 0.0000102. The molecule has 21 nitrogen and oxygen atoms in total. The second kappa shape index (κ2) is 24.0. The molecule has 2 atom stereocenters. The van der Waals surface area contributed by atoms with Crippen LogP contribution in [0.2, 0.25) is 0 Å². The summed E-state index contributed by atoms with van der Waals surface area (Å²) in [5.41, 5.74) is 0.710. The Labute approximate surface area is 364 Å². The van der Waals surface area contributed by atoms with Crippen LogP contribution in [0.4, 0.5) is 14.5 Å². The van der Waals surface area contributed by atoms with Crippen molar-refractivity contribution < 1.29 is 79.5 Å². The normalized spacial score (nSPS) is 17.5. The molecule has 3 heterocycles. The van der Waals surface area contributed by atoms with Crippen LogP contribution in [-0.4, -0.2) is 184 Å². The number of alkyl halides is 2. The minimum absolute atomic E-state index is 0. The summed E-state index contributed by atoms with van der Waals surface area (Å²) in [6.45, 7) is -0.769. The van der Waals surface area contributed by atoms with Crippen molar-refractivity contribution in [3.8, 4) is 6.07 Å². The van der Waals surface area contributed by atoms with E-state index in [0.717, 1.165) is 4.90 Å². The van der Waals surface area contributed by atoms with Crippen molar-refractivity contribution in [3.05, 3.63) is 36.0 Å². The van der Waals surface area contributed by atoms with E-state index in [1.807, 2.05) is 0 Å². The summed E-state index contributed by atoms with van der Waals surface area (Å²) in [7, 11) is 0. The van der Waals surface area contributed by atoms with Gasteiger partial charge in [0, 0.05) is 112 Å². The Hall–Kier alpha value is -5.86. The Morgan fingerprint density at radius 3 is 1.98 bits per heavy atom. The fourth-order valence-corrected chi connectivity index (χ4v) is 6.90. The van der Waals surface area contributed by atoms with Gasteiger partial charge in [0.05, 0.1) is 43.3 Å². The molecule has 2 aliphatic rings. The molecule has 1 aromatic heterocycles. The Bertz CT molecular complexity index is 2000. The van der Waals surface area contributed by atoms with Crippen LogP contribution in [0, 0.1) is 11.3 Å². The molecule has 2 fully saturated rings. The van der Waals surface area contributed by atoms with Crippen molar-refractivity contribution in [2.24, 2.45) is 0 Å². The van der Waals surface area contributed by atoms with Gasteiger partial charge in [0.1, 0.15) is 12.1 Å². The third kappa shape index (κ3) is 15.9. The zero-order valence-electron chi connectivity index (χ0n) is 33.4. The van der Waals surface area contributed by atoms with Crippen molar-refractivity contribution in [1.82, 2.24) is 40.5 Å². The number of anilines is 1. The van der Waals surface area contributed by atoms with Gasteiger partial charge >= 0.3 is 17.9 Å². The van der Waals surface area contributed by atoms with E-state index in [1.54, 1.807) is 20.8 Å². The van der Waals surface area contributed by atoms with Gasteiger partial charge < -0.3 is 41.5 Å². The standard InChI is InChI=1S/C38H48F2N10O11.Cu/c39-38(40)18-25(19-41)50(23-38)33(54)20-45-36(59)26-7-8-42-28-2-1-24(17-27(26)28)46-32(53)6-5-31(52)44-10-9-43-30(51)4-3-29(37(60)61)49-15-13-47(21-34(55)56)11-12-48(14-16-49)22-35(57)58;/h1-2,7-8,17,25,29H,3-6,9-16,18,20-23H2,(H,43,51)(H,44,52)(H,45,59)(H,46,53)(H,55,56)(H,57,58)(H,60,61);/t25-,29+;/m0./s1/i;1-3. The third-order valence-corrected chi connectivity index (χ3v) is 9.99. The summed E-state index contributed by atoms with van der Waals surface area (Å²) in [5, 5.41) is 48.2. The maximum Gasteiger partial charge on any atom is 0.320 e. The molecule has 62 heavy (non-hydrogen) atoms. The topological polar surface area (TPSA) is 295 Å². The number of hydrogen-bond donors (Lipinski definition) is 7. The monoisotopic (exact) mass is 919 g/mol. The number of halogens is 2. The molecular formula is C38H48CuF2N10O11. The van der Waals surface area contributed by atoms with Gasteiger partial charge in [-0.05, 0) is 30.7 Å². The first-order valence-corrected chi connectivity index (χ1v) is 19.4. The Morgan fingerprint density at radius 1 is 0.823 bits per heavy atom. The van der Waals surface area contributed by atoms with Crippen LogP contribution in [0.5, 0.6) is 0 Å². The fourth-order valence-electron chi connectivity index (χ4n) is 6.90. The maximum absolute atomic E-state index is 13.8. The summed E-state index contributed by atoms with van der Waals surface area (Å²) < 4.78 is 27.5. The van der Waals surface area contributed by atoms with Crippen LogP contribution in [0.25, 0.3) is 10.9 Å². The molecule has 341 valence electrons. The SMILES string of the molecule is N#C[C@@H]1CC(F)(F)CN1C(=O)CNC(=O)c1ccnc2ccc(NC(=O)CCC(=O)NCCNC(=O)CC[C@H](C(=O)O)N3CCN(CC(=O)O)CCN(CC(=O)O)CC3)cc12.[61Cu]. The second-order valence-electron chi connectivity index (χ2n) is 14.5. The van der Waals surface area contributed by atoms with Gasteiger partial charge in [-0.1, -0.05) is 0 Å². The molecule has 24 heteroatoms. The Morgan fingerprint density at radius 2 is 1.40 bits per heavy atom. The van der Waals surface area contributed by atoms with Crippen LogP contribution in [0.3, 0.4) is 0 Å². The summed E-state index contributed by atoms with van der Waals surface area (Å²) in [5.74, 6) is -9.64. The first-order valence-electron chi connectivity index (χ1n) is 19.4. The zero-order chi connectivity index (χ0) is 44.7. The van der Waals surface area contributed by atoms with Crippen LogP contribution in [-0.2, 0) is 50.6 Å². The first kappa shape index (κ1) is 50.5. The molecule has 0 bridgehead atoms. The zero-order valence-corrected chi connectivity index (χ0v) is 34.4. The number of nitrogens with zero attached hydrogens (tertiary/aromatic N) is 6. The van der Waals surface area contributed by atoms with E-state index in [1.165, 1.54) is 30.5 Å². The molecule has 5 amide bonds. The number of carboxylic acids is 3. The van der Waals surface area contributed by atoms with E-state index in [0.29, 0.717) is 10.9 Å². The van der Waals surface area contributed by atoms with E-state index < -0.39 is 85.0 Å². The molecule has 0 saturated carbocycles. The molecule has 1 aromatic carbocycles. The average molecular weight is 920 g/mol. The number of nitriles is 1. The van der Waals surface area contributed by atoms with Crippen LogP contribution >= 0.6 is 0 Å². The van der Waals surface area contributed by atoms with Gasteiger partial charge in [-0.25, -0.2) is 8.78 Å². The molecule has 4 rings (SSSR count). The number of aliphatic carboxylic acids is 3. The quantitative estimate of drug-likeness (QED) is 0.0657. The Kier molecular flexibility index (Phi) is 19.5. The minimum Gasteiger partial charge on any atom is -0.480 e. The molecule has 0 unspecified atom stereocenters. The minimum atomic E-state index is -3.21. The number of fused-ring (bicyclic) bond motifs is 1. The number of nitrogens with one attached hydrogen (secondary N) is 4. The fraction of sp³-hybridized carbons (Fsp3) is 0.526. The van der Waals surface area contributed by atoms with Crippen molar-refractivity contribution in [2.45, 2.75) is 50.1 Å². The summed E-state index contributed by atoms with van der Waals surface area (Å²) in [4.78, 5) is 108. The molecule has 0 aliphatic carbocycles. The predicted octanol–water partition coefficient (Wildman–Crippen LogP) is -1.00. The number of amides is 5. The number of aromatic nitrogens is 1. The first-order chi connectivity index (χ1) is 28.9. The summed E-state index contributed by atoms with van der Waals surface area (Å²) in [6.07, 6.45) is -0.144. The number of pyridine rings is 1. The van der Waals surface area contributed by atoms with E-state index in [9.17, 15) is 62.5 Å². The molecular weight excluding hydrogens is 871 g/mol. The van der Waals surface area contributed by atoms with E-state index in [2.05, 4.69) is 26.3 Å². The van der Waals surface area contributed by atoms with E-state index in [-0.39, 0.29) is 119 Å². The summed E-state index contributed by atoms with van der Waals surface area (Å²) in [6, 6.07) is 5.14. The van der Waals surface area contributed by atoms with Gasteiger partial charge in [0.2, 0.25) is 23.6 Å². The van der Waals surface area contributed by atoms with Gasteiger partial charge in [-0.15, -0.1) is 0 Å². The molecule has 7 N–H and O–H groups in total. The number of hydrogen-bond acceptors (Lipinski definition) is 13. The number of carbonyl (C=O) groups is 8. The predicted molar refractivity (Wildman–Crippen MR) is 209 cm³/mol. The number of carbonyl (C=O) groups excluding carboxylic acids is 5. The smallest absolute Gasteiger partial charge is 0.320 e. The third-order valence-electron chi connectivity index (χ3n) is 9.99. The van der Waals surface area contributed by atoms with Gasteiger partial charge in [0.15, 0.2) is 0 Å². The number of benzene rings is 1. The summed E-state index contributed by atoms with van der Waals surface area (Å²) >= 11 is 0. The van der Waals surface area contributed by atoms with E-state index >= 15 is 0 Å². The van der Waals surface area contributed by atoms with Gasteiger partial charge in [-0.2, -0.15) is 5.26 Å². The van der Waals surface area contributed by atoms with Crippen molar-refractivity contribution in [2.75, 3.05) is 83.9 Å². The van der Waals surface area contributed by atoms with Crippen molar-refractivity contribution >= 4 is 64.0 Å². The molecule has 2 saturated heterocycles.